The van der Waals surface area contributed by atoms with E-state index in [-0.39, 0.29) is 10.9 Å². The monoisotopic (exact) mass is 285 g/mol. The molecule has 5 nitrogen and oxygen atoms in total. The normalized spacial score (nSPS) is 11.9. The molecule has 0 aliphatic carbocycles. The van der Waals surface area contributed by atoms with Gasteiger partial charge < -0.3 is 10.6 Å². The van der Waals surface area contributed by atoms with Gasteiger partial charge in [0.2, 0.25) is 10.0 Å². The summed E-state index contributed by atoms with van der Waals surface area (Å²) in [6.07, 6.45) is 0.969. The molecular formula is C13H23N3O2S. The van der Waals surface area contributed by atoms with Crippen LogP contribution in [0.4, 0.5) is 11.4 Å². The first-order valence-electron chi connectivity index (χ1n) is 6.38. The van der Waals surface area contributed by atoms with Crippen LogP contribution in [0.5, 0.6) is 0 Å². The molecule has 1 aromatic carbocycles. The highest BCUT2D eigenvalue weighted by Crippen LogP contribution is 2.30. The van der Waals surface area contributed by atoms with Crippen LogP contribution in [-0.4, -0.2) is 21.0 Å². The molecule has 0 amide bonds. The van der Waals surface area contributed by atoms with E-state index in [1.165, 1.54) is 6.07 Å². The molecule has 108 valence electrons. The van der Waals surface area contributed by atoms with Crippen molar-refractivity contribution in [2.75, 3.05) is 17.2 Å². The van der Waals surface area contributed by atoms with Crippen LogP contribution in [0, 0.1) is 6.92 Å². The molecule has 0 radical (unpaired) electrons. The topological polar surface area (TPSA) is 89.4 Å². The molecule has 0 aliphatic heterocycles. The lowest BCUT2D eigenvalue weighted by atomic mass is 10.1. The zero-order chi connectivity index (χ0) is 14.8. The van der Waals surface area contributed by atoms with Crippen molar-refractivity contribution in [3.8, 4) is 0 Å². The second-order valence-corrected chi connectivity index (χ2v) is 6.53. The van der Waals surface area contributed by atoms with Crippen LogP contribution in [0.25, 0.3) is 0 Å². The van der Waals surface area contributed by atoms with Crippen LogP contribution in [0.3, 0.4) is 0 Å². The Morgan fingerprint density at radius 1 is 1.32 bits per heavy atom. The quantitative estimate of drug-likeness (QED) is 0.808. The van der Waals surface area contributed by atoms with E-state index in [1.54, 1.807) is 13.0 Å². The van der Waals surface area contributed by atoms with Gasteiger partial charge in [0.05, 0.1) is 4.90 Å². The zero-order valence-electron chi connectivity index (χ0n) is 12.0. The summed E-state index contributed by atoms with van der Waals surface area (Å²) in [5.41, 5.74) is 7.71. The molecule has 0 aliphatic rings. The van der Waals surface area contributed by atoms with Gasteiger partial charge in [0.1, 0.15) is 0 Å². The number of rotatable bonds is 5. The molecule has 0 aromatic heterocycles. The second kappa shape index (κ2) is 5.79. The fraction of sp³-hybridized carbons (Fsp3) is 0.538. The summed E-state index contributed by atoms with van der Waals surface area (Å²) in [5.74, 6) is 0. The Labute approximate surface area is 115 Å². The number of benzene rings is 1. The number of anilines is 2. The van der Waals surface area contributed by atoms with Gasteiger partial charge in [-0.25, -0.2) is 13.6 Å². The molecule has 1 rings (SSSR count). The SMILES string of the molecule is CCCN(c1cc(N)cc(S(N)(=O)=O)c1C)C(C)C. The van der Waals surface area contributed by atoms with Gasteiger partial charge in [-0.2, -0.15) is 0 Å². The Kier molecular flexibility index (Phi) is 4.81. The lowest BCUT2D eigenvalue weighted by Gasteiger charge is -2.31. The number of hydrogen-bond donors (Lipinski definition) is 2. The summed E-state index contributed by atoms with van der Waals surface area (Å²) >= 11 is 0. The molecular weight excluding hydrogens is 262 g/mol. The average molecular weight is 285 g/mol. The van der Waals surface area contributed by atoms with E-state index < -0.39 is 10.0 Å². The molecule has 6 heteroatoms. The summed E-state index contributed by atoms with van der Waals surface area (Å²) in [5, 5.41) is 5.24. The van der Waals surface area contributed by atoms with Crippen molar-refractivity contribution in [2.24, 2.45) is 5.14 Å². The smallest absolute Gasteiger partial charge is 0.238 e. The first-order valence-corrected chi connectivity index (χ1v) is 7.92. The van der Waals surface area contributed by atoms with Crippen LogP contribution in [0.1, 0.15) is 32.8 Å². The van der Waals surface area contributed by atoms with Crippen LogP contribution < -0.4 is 15.8 Å². The van der Waals surface area contributed by atoms with E-state index in [0.717, 1.165) is 18.7 Å². The van der Waals surface area contributed by atoms with Crippen LogP contribution in [-0.2, 0) is 10.0 Å². The first kappa shape index (κ1) is 15.8. The molecule has 0 atom stereocenters. The van der Waals surface area contributed by atoms with Gasteiger partial charge in [0.15, 0.2) is 0 Å². The number of sulfonamides is 1. The summed E-state index contributed by atoms with van der Waals surface area (Å²) in [6, 6.07) is 3.48. The number of primary sulfonamides is 1. The number of hydrogen-bond acceptors (Lipinski definition) is 4. The maximum absolute atomic E-state index is 11.6. The number of nitrogens with zero attached hydrogens (tertiary/aromatic N) is 1. The Hall–Kier alpha value is -1.27. The highest BCUT2D eigenvalue weighted by molar-refractivity contribution is 7.89. The van der Waals surface area contributed by atoms with Crippen LogP contribution in [0.15, 0.2) is 17.0 Å². The van der Waals surface area contributed by atoms with Crippen molar-refractivity contribution in [2.45, 2.75) is 45.1 Å². The van der Waals surface area contributed by atoms with Gasteiger partial charge in [-0.3, -0.25) is 0 Å². The minimum absolute atomic E-state index is 0.101. The van der Waals surface area contributed by atoms with E-state index in [9.17, 15) is 8.42 Å². The number of nitrogen functional groups attached to an aromatic ring is 1. The van der Waals surface area contributed by atoms with Crippen LogP contribution in [0.2, 0.25) is 0 Å². The molecule has 0 fully saturated rings. The third-order valence-electron chi connectivity index (χ3n) is 3.06. The van der Waals surface area contributed by atoms with Crippen molar-refractivity contribution < 1.29 is 8.42 Å². The van der Waals surface area contributed by atoms with Crippen molar-refractivity contribution in [1.29, 1.82) is 0 Å². The van der Waals surface area contributed by atoms with E-state index in [2.05, 4.69) is 25.7 Å². The van der Waals surface area contributed by atoms with Gasteiger partial charge in [-0.1, -0.05) is 6.92 Å². The van der Waals surface area contributed by atoms with Crippen LogP contribution >= 0.6 is 0 Å². The van der Waals surface area contributed by atoms with E-state index in [0.29, 0.717) is 11.3 Å². The summed E-state index contributed by atoms with van der Waals surface area (Å²) < 4.78 is 23.2. The summed E-state index contributed by atoms with van der Waals surface area (Å²) in [6.45, 7) is 8.81. The van der Waals surface area contributed by atoms with Crippen molar-refractivity contribution in [3.05, 3.63) is 17.7 Å². The minimum Gasteiger partial charge on any atom is -0.399 e. The molecule has 0 saturated heterocycles. The molecule has 1 aromatic rings. The van der Waals surface area contributed by atoms with E-state index >= 15 is 0 Å². The van der Waals surface area contributed by atoms with Gasteiger partial charge in [0, 0.05) is 24.0 Å². The van der Waals surface area contributed by atoms with Gasteiger partial charge in [-0.05, 0) is 44.9 Å². The first-order chi connectivity index (χ1) is 8.68. The van der Waals surface area contributed by atoms with Gasteiger partial charge in [-0.15, -0.1) is 0 Å². The maximum atomic E-state index is 11.6. The third kappa shape index (κ3) is 3.61. The predicted octanol–water partition coefficient (Wildman–Crippen LogP) is 1.85. The van der Waals surface area contributed by atoms with Gasteiger partial charge >= 0.3 is 0 Å². The number of nitrogens with two attached hydrogens (primary N) is 2. The molecule has 0 heterocycles. The molecule has 4 N–H and O–H groups in total. The Morgan fingerprint density at radius 2 is 1.89 bits per heavy atom. The molecule has 0 spiro atoms. The molecule has 0 unspecified atom stereocenters. The van der Waals surface area contributed by atoms with Crippen molar-refractivity contribution >= 4 is 21.4 Å². The summed E-state index contributed by atoms with van der Waals surface area (Å²) in [4.78, 5) is 2.24. The highest BCUT2D eigenvalue weighted by atomic mass is 32.2. The molecule has 0 saturated carbocycles. The lowest BCUT2D eigenvalue weighted by Crippen LogP contribution is -2.32. The zero-order valence-corrected chi connectivity index (χ0v) is 12.8. The second-order valence-electron chi connectivity index (χ2n) is 5.00. The van der Waals surface area contributed by atoms with E-state index in [4.69, 9.17) is 10.9 Å². The fourth-order valence-corrected chi connectivity index (χ4v) is 3.02. The van der Waals surface area contributed by atoms with Crippen molar-refractivity contribution in [1.82, 2.24) is 0 Å². The highest BCUT2D eigenvalue weighted by Gasteiger charge is 2.20. The average Bonchev–Trinajstić information content (AvgIpc) is 2.27. The minimum atomic E-state index is -3.76. The predicted molar refractivity (Wildman–Crippen MR) is 79.7 cm³/mol. The van der Waals surface area contributed by atoms with E-state index in [1.807, 2.05) is 0 Å². The standard InChI is InChI=1S/C13H23N3O2S/c1-5-6-16(9(2)3)12-7-11(14)8-13(10(12)4)19(15,17)18/h7-9H,5-6,14H2,1-4H3,(H2,15,17,18). The fourth-order valence-electron chi connectivity index (χ4n) is 2.19. The lowest BCUT2D eigenvalue weighted by molar-refractivity contribution is 0.597. The third-order valence-corrected chi connectivity index (χ3v) is 4.10. The summed E-state index contributed by atoms with van der Waals surface area (Å²) in [7, 11) is -3.76. The molecule has 19 heavy (non-hydrogen) atoms. The Balaban J connectivity index is 3.47. The largest absolute Gasteiger partial charge is 0.399 e. The Morgan fingerprint density at radius 3 is 2.32 bits per heavy atom. The molecule has 0 bridgehead atoms. The van der Waals surface area contributed by atoms with Gasteiger partial charge in [0.25, 0.3) is 0 Å². The van der Waals surface area contributed by atoms with Crippen molar-refractivity contribution in [3.63, 3.8) is 0 Å². The maximum Gasteiger partial charge on any atom is 0.238 e. The Bertz CT molecular complexity index is 553.